The Kier molecular flexibility index (Phi) is 1.98. The highest BCUT2D eigenvalue weighted by molar-refractivity contribution is 5.84. The Morgan fingerprint density at radius 3 is 2.79 bits per heavy atom. The number of benzene rings is 2. The molecule has 19 heavy (non-hydrogen) atoms. The van der Waals surface area contributed by atoms with Gasteiger partial charge in [-0.2, -0.15) is 5.12 Å². The number of anilines is 1. The third-order valence-corrected chi connectivity index (χ3v) is 3.54. The molecule has 2 aliphatic heterocycles. The summed E-state index contributed by atoms with van der Waals surface area (Å²) < 4.78 is 20.4. The molecule has 0 amide bonds. The van der Waals surface area contributed by atoms with Gasteiger partial charge in [0, 0.05) is 6.42 Å². The first kappa shape index (κ1) is 10.6. The van der Waals surface area contributed by atoms with Crippen molar-refractivity contribution >= 4 is 17.6 Å². The minimum absolute atomic E-state index is 0.456. The van der Waals surface area contributed by atoms with Gasteiger partial charge in [0.05, 0.1) is 11.9 Å². The summed E-state index contributed by atoms with van der Waals surface area (Å²) in [6.07, 6.45) is 2.01. The maximum Gasteiger partial charge on any atom is 0.250 e. The molecule has 1 atom stereocenters. The van der Waals surface area contributed by atoms with E-state index in [9.17, 15) is 4.48 Å². The van der Waals surface area contributed by atoms with E-state index in [1.54, 1.807) is 12.3 Å². The fourth-order valence-corrected chi connectivity index (χ4v) is 2.61. The summed E-state index contributed by atoms with van der Waals surface area (Å²) >= 11 is 0. The fourth-order valence-electron chi connectivity index (χ4n) is 2.61. The number of para-hydroxylation sites is 3. The van der Waals surface area contributed by atoms with Crippen molar-refractivity contribution in [1.82, 2.24) is 0 Å². The van der Waals surface area contributed by atoms with Crippen LogP contribution in [0, 0.1) is 0 Å². The minimum Gasteiger partial charge on any atom is -0.458 e. The summed E-state index contributed by atoms with van der Waals surface area (Å²) in [5, 5.41) is 0.668. The normalized spacial score (nSPS) is 23.1. The summed E-state index contributed by atoms with van der Waals surface area (Å²) in [4.78, 5) is 4.33. The lowest BCUT2D eigenvalue weighted by molar-refractivity contribution is 0.0992. The predicted molar refractivity (Wildman–Crippen MR) is 71.7 cm³/mol. The third-order valence-electron chi connectivity index (χ3n) is 3.54. The standard InChI is InChI=1S/C15H11FN2O/c16-18-13-7-3-1-5-11(13)9-15(18)10-17-12-6-2-4-8-14(12)19-15/h1-8,10H,9H2. The van der Waals surface area contributed by atoms with Crippen LogP contribution >= 0.6 is 0 Å². The van der Waals surface area contributed by atoms with E-state index in [-0.39, 0.29) is 0 Å². The first-order valence-electron chi connectivity index (χ1n) is 6.16. The molecular weight excluding hydrogens is 243 g/mol. The molecule has 3 nitrogen and oxygen atoms in total. The summed E-state index contributed by atoms with van der Waals surface area (Å²) in [5.41, 5.74) is 1.07. The van der Waals surface area contributed by atoms with Crippen LogP contribution in [0.2, 0.25) is 0 Å². The van der Waals surface area contributed by atoms with Crippen molar-refractivity contribution in [1.29, 1.82) is 0 Å². The van der Waals surface area contributed by atoms with Gasteiger partial charge >= 0.3 is 0 Å². The SMILES string of the molecule is FN1c2ccccc2CC12C=Nc1ccccc1O2. The molecule has 2 aromatic carbocycles. The maximum absolute atomic E-state index is 14.6. The van der Waals surface area contributed by atoms with Crippen LogP contribution in [0.5, 0.6) is 5.75 Å². The van der Waals surface area contributed by atoms with Gasteiger partial charge in [0.1, 0.15) is 11.4 Å². The van der Waals surface area contributed by atoms with Crippen molar-refractivity contribution in [3.8, 4) is 5.75 Å². The number of nitrogens with zero attached hydrogens (tertiary/aromatic N) is 2. The van der Waals surface area contributed by atoms with Crippen LogP contribution in [-0.4, -0.2) is 11.9 Å². The van der Waals surface area contributed by atoms with Crippen molar-refractivity contribution in [3.63, 3.8) is 0 Å². The largest absolute Gasteiger partial charge is 0.458 e. The molecule has 0 aliphatic carbocycles. The third kappa shape index (κ3) is 1.40. The number of fused-ring (bicyclic) bond motifs is 2. The topological polar surface area (TPSA) is 24.8 Å². The summed E-state index contributed by atoms with van der Waals surface area (Å²) in [5.74, 6) is 0.612. The summed E-state index contributed by atoms with van der Waals surface area (Å²) in [6, 6.07) is 14.8. The lowest BCUT2D eigenvalue weighted by Crippen LogP contribution is -2.50. The number of hydrogen-bond donors (Lipinski definition) is 0. The average Bonchev–Trinajstić information content (AvgIpc) is 2.72. The molecule has 4 rings (SSSR count). The van der Waals surface area contributed by atoms with Crippen LogP contribution in [0.1, 0.15) is 5.56 Å². The molecule has 0 bridgehead atoms. The molecule has 2 heterocycles. The van der Waals surface area contributed by atoms with E-state index in [2.05, 4.69) is 4.99 Å². The monoisotopic (exact) mass is 254 g/mol. The van der Waals surface area contributed by atoms with Crippen LogP contribution in [0.25, 0.3) is 0 Å². The molecule has 1 spiro atoms. The van der Waals surface area contributed by atoms with E-state index >= 15 is 0 Å². The Bertz CT molecular complexity index is 685. The van der Waals surface area contributed by atoms with Crippen molar-refractivity contribution in [2.75, 3.05) is 5.12 Å². The summed E-state index contributed by atoms with van der Waals surface area (Å²) in [6.45, 7) is 0. The van der Waals surface area contributed by atoms with E-state index in [0.29, 0.717) is 23.0 Å². The van der Waals surface area contributed by atoms with Gasteiger partial charge in [-0.1, -0.05) is 34.8 Å². The fraction of sp³-hybridized carbons (Fsp3) is 0.133. The van der Waals surface area contributed by atoms with Gasteiger partial charge in [0.2, 0.25) is 0 Å². The predicted octanol–water partition coefficient (Wildman–Crippen LogP) is 3.42. The van der Waals surface area contributed by atoms with Gasteiger partial charge in [-0.05, 0) is 23.8 Å². The second-order valence-electron chi connectivity index (χ2n) is 4.76. The van der Waals surface area contributed by atoms with Gasteiger partial charge in [0.25, 0.3) is 5.72 Å². The molecule has 2 aliphatic rings. The zero-order chi connectivity index (χ0) is 12.9. The Morgan fingerprint density at radius 2 is 1.89 bits per heavy atom. The van der Waals surface area contributed by atoms with Crippen LogP contribution in [-0.2, 0) is 6.42 Å². The van der Waals surface area contributed by atoms with Crippen molar-refractivity contribution in [3.05, 3.63) is 54.1 Å². The van der Waals surface area contributed by atoms with E-state index in [4.69, 9.17) is 4.74 Å². The lowest BCUT2D eigenvalue weighted by Gasteiger charge is -2.33. The summed E-state index contributed by atoms with van der Waals surface area (Å²) in [7, 11) is 0. The van der Waals surface area contributed by atoms with E-state index in [1.165, 1.54) is 0 Å². The van der Waals surface area contributed by atoms with Crippen LogP contribution < -0.4 is 9.86 Å². The molecular formula is C15H11FN2O. The smallest absolute Gasteiger partial charge is 0.250 e. The highest BCUT2D eigenvalue weighted by Crippen LogP contribution is 2.43. The van der Waals surface area contributed by atoms with Crippen molar-refractivity contribution in [2.45, 2.75) is 12.1 Å². The molecule has 0 fully saturated rings. The second-order valence-corrected chi connectivity index (χ2v) is 4.76. The van der Waals surface area contributed by atoms with Crippen molar-refractivity contribution < 1.29 is 9.22 Å². The Hall–Kier alpha value is -2.36. The van der Waals surface area contributed by atoms with Crippen LogP contribution in [0.15, 0.2) is 53.5 Å². The molecule has 1 unspecified atom stereocenters. The van der Waals surface area contributed by atoms with E-state index < -0.39 is 5.72 Å². The first-order chi connectivity index (χ1) is 9.28. The second kappa shape index (κ2) is 3.57. The number of ether oxygens (including phenoxy) is 1. The Balaban J connectivity index is 1.80. The van der Waals surface area contributed by atoms with Gasteiger partial charge in [-0.15, -0.1) is 0 Å². The van der Waals surface area contributed by atoms with Gasteiger partial charge in [-0.25, -0.2) is 0 Å². The van der Waals surface area contributed by atoms with Crippen LogP contribution in [0.4, 0.5) is 15.9 Å². The first-order valence-corrected chi connectivity index (χ1v) is 6.16. The number of rotatable bonds is 0. The minimum atomic E-state index is -1.14. The molecule has 0 N–H and O–H groups in total. The molecule has 0 aromatic heterocycles. The average molecular weight is 254 g/mol. The highest BCUT2D eigenvalue weighted by atomic mass is 19.2. The molecule has 2 aromatic rings. The van der Waals surface area contributed by atoms with Gasteiger partial charge in [-0.3, -0.25) is 4.99 Å². The van der Waals surface area contributed by atoms with E-state index in [1.807, 2.05) is 42.5 Å². The Labute approximate surface area is 109 Å². The molecule has 94 valence electrons. The zero-order valence-electron chi connectivity index (χ0n) is 10.1. The maximum atomic E-state index is 14.6. The number of hydrogen-bond acceptors (Lipinski definition) is 3. The van der Waals surface area contributed by atoms with Crippen molar-refractivity contribution in [2.24, 2.45) is 4.99 Å². The zero-order valence-corrected chi connectivity index (χ0v) is 10.1. The van der Waals surface area contributed by atoms with Crippen LogP contribution in [0.3, 0.4) is 0 Å². The molecule has 0 saturated carbocycles. The quantitative estimate of drug-likeness (QED) is 0.673. The number of aliphatic imine (C=N–C) groups is 1. The van der Waals surface area contributed by atoms with E-state index in [0.717, 1.165) is 11.3 Å². The molecule has 0 saturated heterocycles. The Morgan fingerprint density at radius 1 is 1.11 bits per heavy atom. The number of halogens is 1. The molecule has 0 radical (unpaired) electrons. The lowest BCUT2D eigenvalue weighted by atomic mass is 10.1. The molecule has 4 heteroatoms. The highest BCUT2D eigenvalue weighted by Gasteiger charge is 2.47. The van der Waals surface area contributed by atoms with Gasteiger partial charge < -0.3 is 4.74 Å². The van der Waals surface area contributed by atoms with Gasteiger partial charge in [0.15, 0.2) is 0 Å².